The molecule has 1 atom stereocenters. The summed E-state index contributed by atoms with van der Waals surface area (Å²) in [6.07, 6.45) is 0. The Morgan fingerprint density at radius 2 is 2.05 bits per heavy atom. The number of anilines is 1. The van der Waals surface area contributed by atoms with Crippen LogP contribution in [-0.2, 0) is 0 Å². The van der Waals surface area contributed by atoms with E-state index in [4.69, 9.17) is 12.2 Å². The van der Waals surface area contributed by atoms with Gasteiger partial charge in [0, 0.05) is 22.9 Å². The first-order valence-electron chi connectivity index (χ1n) is 6.64. The number of hydrogen-bond acceptors (Lipinski definition) is 3. The van der Waals surface area contributed by atoms with E-state index in [1.807, 2.05) is 11.8 Å². The van der Waals surface area contributed by atoms with Gasteiger partial charge in [-0.15, -0.1) is 23.1 Å². The molecular formula is C15H15BrN2S3. The zero-order valence-corrected chi connectivity index (χ0v) is 15.5. The first kappa shape index (κ1) is 15.3. The minimum Gasteiger partial charge on any atom is -0.333 e. The Hall–Kier alpha value is -0.560. The van der Waals surface area contributed by atoms with Crippen molar-refractivity contribution in [2.75, 3.05) is 17.6 Å². The number of thiophene rings is 1. The molecule has 1 aliphatic rings. The molecule has 1 aromatic carbocycles. The van der Waals surface area contributed by atoms with Crippen molar-refractivity contribution in [3.63, 3.8) is 0 Å². The molecule has 1 aromatic heterocycles. The Morgan fingerprint density at radius 1 is 1.29 bits per heavy atom. The van der Waals surface area contributed by atoms with E-state index in [-0.39, 0.29) is 0 Å². The van der Waals surface area contributed by atoms with Crippen molar-refractivity contribution < 1.29 is 0 Å². The predicted molar refractivity (Wildman–Crippen MR) is 101 cm³/mol. The summed E-state index contributed by atoms with van der Waals surface area (Å²) < 4.78 is 1.17. The number of rotatable bonds is 2. The van der Waals surface area contributed by atoms with Crippen LogP contribution in [0.1, 0.15) is 15.8 Å². The maximum Gasteiger partial charge on any atom is 0.174 e. The standard InChI is InChI=1S/C15H15BrN2S3/c1-10-2-4-11(5-3-10)17-15(19)18-8-9-20-14(18)12-6-7-13(16)21-12/h2-7,14H,8-9H2,1H3,(H,17,19)/t14-/m0/s1. The molecule has 1 N–H and O–H groups in total. The smallest absolute Gasteiger partial charge is 0.174 e. The largest absolute Gasteiger partial charge is 0.333 e. The quantitative estimate of drug-likeness (QED) is 0.693. The average Bonchev–Trinajstić information content (AvgIpc) is 3.09. The zero-order valence-electron chi connectivity index (χ0n) is 11.5. The van der Waals surface area contributed by atoms with Gasteiger partial charge in [0.05, 0.1) is 3.79 Å². The van der Waals surface area contributed by atoms with Crippen LogP contribution in [0.4, 0.5) is 5.69 Å². The monoisotopic (exact) mass is 398 g/mol. The molecule has 0 aliphatic carbocycles. The number of thiocarbonyl (C=S) groups is 1. The Balaban J connectivity index is 1.72. The van der Waals surface area contributed by atoms with Gasteiger partial charge in [-0.1, -0.05) is 17.7 Å². The highest BCUT2D eigenvalue weighted by molar-refractivity contribution is 9.11. The van der Waals surface area contributed by atoms with Crippen LogP contribution in [0.3, 0.4) is 0 Å². The third kappa shape index (κ3) is 3.62. The summed E-state index contributed by atoms with van der Waals surface area (Å²) in [5.74, 6) is 1.11. The van der Waals surface area contributed by atoms with E-state index in [2.05, 4.69) is 69.5 Å². The van der Waals surface area contributed by atoms with Crippen molar-refractivity contribution in [3.05, 3.63) is 50.6 Å². The summed E-state index contributed by atoms with van der Waals surface area (Å²) in [5, 5.41) is 4.48. The van der Waals surface area contributed by atoms with Crippen molar-refractivity contribution in [2.24, 2.45) is 0 Å². The molecule has 2 aromatic rings. The van der Waals surface area contributed by atoms with Crippen LogP contribution in [0.5, 0.6) is 0 Å². The molecule has 0 spiro atoms. The van der Waals surface area contributed by atoms with Crippen molar-refractivity contribution in [1.29, 1.82) is 0 Å². The van der Waals surface area contributed by atoms with Crippen molar-refractivity contribution in [1.82, 2.24) is 4.90 Å². The van der Waals surface area contributed by atoms with Gasteiger partial charge in [-0.05, 0) is 59.3 Å². The van der Waals surface area contributed by atoms with Gasteiger partial charge >= 0.3 is 0 Å². The number of benzene rings is 1. The molecule has 1 fully saturated rings. The maximum absolute atomic E-state index is 5.61. The fraction of sp³-hybridized carbons (Fsp3) is 0.267. The minimum atomic E-state index is 0.326. The van der Waals surface area contributed by atoms with Gasteiger partial charge in [0.25, 0.3) is 0 Å². The molecule has 0 saturated carbocycles. The van der Waals surface area contributed by atoms with Gasteiger partial charge in [0.15, 0.2) is 5.11 Å². The molecule has 2 nitrogen and oxygen atoms in total. The van der Waals surface area contributed by atoms with Gasteiger partial charge in [-0.3, -0.25) is 0 Å². The van der Waals surface area contributed by atoms with E-state index in [1.165, 1.54) is 14.2 Å². The summed E-state index contributed by atoms with van der Waals surface area (Å²) >= 11 is 12.9. The summed E-state index contributed by atoms with van der Waals surface area (Å²) in [4.78, 5) is 3.62. The van der Waals surface area contributed by atoms with E-state index in [9.17, 15) is 0 Å². The average molecular weight is 399 g/mol. The number of halogens is 1. The van der Waals surface area contributed by atoms with Gasteiger partial charge in [-0.25, -0.2) is 0 Å². The van der Waals surface area contributed by atoms with Crippen LogP contribution in [0.25, 0.3) is 0 Å². The molecule has 110 valence electrons. The van der Waals surface area contributed by atoms with E-state index in [0.29, 0.717) is 5.37 Å². The van der Waals surface area contributed by atoms with Gasteiger partial charge < -0.3 is 10.2 Å². The van der Waals surface area contributed by atoms with Gasteiger partial charge in [-0.2, -0.15) is 0 Å². The lowest BCUT2D eigenvalue weighted by atomic mass is 10.2. The van der Waals surface area contributed by atoms with Crippen molar-refractivity contribution in [2.45, 2.75) is 12.3 Å². The van der Waals surface area contributed by atoms with Crippen LogP contribution < -0.4 is 5.32 Å². The predicted octanol–water partition coefficient (Wildman–Crippen LogP) is 5.26. The number of nitrogens with zero attached hydrogens (tertiary/aromatic N) is 1. The summed E-state index contributed by atoms with van der Waals surface area (Å²) in [6.45, 7) is 3.08. The van der Waals surface area contributed by atoms with Crippen LogP contribution in [-0.4, -0.2) is 22.3 Å². The van der Waals surface area contributed by atoms with Crippen LogP contribution in [0.15, 0.2) is 40.2 Å². The Kier molecular flexibility index (Phi) is 4.88. The first-order chi connectivity index (χ1) is 10.1. The molecule has 1 saturated heterocycles. The van der Waals surface area contributed by atoms with Gasteiger partial charge in [0.2, 0.25) is 0 Å². The molecule has 0 unspecified atom stereocenters. The lowest BCUT2D eigenvalue weighted by molar-refractivity contribution is 0.462. The molecule has 0 radical (unpaired) electrons. The highest BCUT2D eigenvalue weighted by Gasteiger charge is 2.29. The topological polar surface area (TPSA) is 15.3 Å². The molecular weight excluding hydrogens is 384 g/mol. The normalized spacial score (nSPS) is 18.0. The zero-order chi connectivity index (χ0) is 14.8. The molecule has 0 bridgehead atoms. The number of hydrogen-bond donors (Lipinski definition) is 1. The second-order valence-corrected chi connectivity index (χ2v) is 8.92. The number of thioether (sulfide) groups is 1. The molecule has 1 aliphatic heterocycles. The number of nitrogens with one attached hydrogen (secondary N) is 1. The summed E-state index contributed by atoms with van der Waals surface area (Å²) in [5.41, 5.74) is 2.30. The summed E-state index contributed by atoms with van der Waals surface area (Å²) in [7, 11) is 0. The highest BCUT2D eigenvalue weighted by Crippen LogP contribution is 2.42. The molecule has 2 heterocycles. The van der Waals surface area contributed by atoms with Crippen molar-refractivity contribution in [3.8, 4) is 0 Å². The molecule has 6 heteroatoms. The number of aryl methyl sites for hydroxylation is 1. The molecule has 21 heavy (non-hydrogen) atoms. The Labute approximate surface area is 147 Å². The minimum absolute atomic E-state index is 0.326. The third-order valence-corrected chi connectivity index (χ3v) is 6.70. The van der Waals surface area contributed by atoms with E-state index < -0.39 is 0 Å². The van der Waals surface area contributed by atoms with E-state index in [1.54, 1.807) is 11.3 Å². The van der Waals surface area contributed by atoms with E-state index >= 15 is 0 Å². The fourth-order valence-corrected chi connectivity index (χ4v) is 5.51. The third-order valence-electron chi connectivity index (χ3n) is 3.29. The molecule has 3 rings (SSSR count). The van der Waals surface area contributed by atoms with Crippen LogP contribution in [0.2, 0.25) is 0 Å². The van der Waals surface area contributed by atoms with Crippen LogP contribution in [0, 0.1) is 6.92 Å². The van der Waals surface area contributed by atoms with Crippen molar-refractivity contribution >= 4 is 62.0 Å². The Morgan fingerprint density at radius 3 is 2.71 bits per heavy atom. The lowest BCUT2D eigenvalue weighted by Gasteiger charge is -2.26. The lowest BCUT2D eigenvalue weighted by Crippen LogP contribution is -2.33. The SMILES string of the molecule is Cc1ccc(NC(=S)N2CCS[C@H]2c2ccc(Br)s2)cc1. The fourth-order valence-electron chi connectivity index (χ4n) is 2.21. The summed E-state index contributed by atoms with van der Waals surface area (Å²) in [6, 6.07) is 12.6. The molecule has 0 amide bonds. The second kappa shape index (κ2) is 6.69. The van der Waals surface area contributed by atoms with Crippen LogP contribution >= 0.6 is 51.2 Å². The first-order valence-corrected chi connectivity index (χ1v) is 9.71. The second-order valence-electron chi connectivity index (χ2n) is 4.85. The Bertz CT molecular complexity index is 639. The maximum atomic E-state index is 5.61. The van der Waals surface area contributed by atoms with Gasteiger partial charge in [0.1, 0.15) is 5.37 Å². The van der Waals surface area contributed by atoms with E-state index in [0.717, 1.165) is 23.1 Å². The highest BCUT2D eigenvalue weighted by atomic mass is 79.9.